The van der Waals surface area contributed by atoms with Gasteiger partial charge in [-0.2, -0.15) is 0 Å². The van der Waals surface area contributed by atoms with Crippen molar-refractivity contribution in [1.82, 2.24) is 26.1 Å². The number of aryl methyl sites for hydroxylation is 1. The predicted molar refractivity (Wildman–Crippen MR) is 115 cm³/mol. The highest BCUT2D eigenvalue weighted by Crippen LogP contribution is 2.21. The first-order valence-corrected chi connectivity index (χ1v) is 9.88. The van der Waals surface area contributed by atoms with Crippen molar-refractivity contribution >= 4 is 23.6 Å². The molecule has 4 N–H and O–H groups in total. The van der Waals surface area contributed by atoms with Crippen molar-refractivity contribution in [3.05, 3.63) is 77.3 Å². The molecular weight excluding hydrogens is 433 g/mol. The molecule has 0 fully saturated rings. The molecular formula is C22H22FN5O5. The third-order valence-electron chi connectivity index (χ3n) is 4.68. The lowest BCUT2D eigenvalue weighted by atomic mass is 10.2. The van der Waals surface area contributed by atoms with Crippen molar-refractivity contribution in [2.75, 3.05) is 13.1 Å². The summed E-state index contributed by atoms with van der Waals surface area (Å²) in [6, 6.07) is 10.5. The molecule has 0 aliphatic heterocycles. The van der Waals surface area contributed by atoms with Gasteiger partial charge in [0.05, 0.1) is 24.9 Å². The summed E-state index contributed by atoms with van der Waals surface area (Å²) in [5, 5.41) is 4.66. The number of carbonyl (C=O) groups is 4. The second kappa shape index (κ2) is 10.3. The van der Waals surface area contributed by atoms with E-state index in [4.69, 9.17) is 4.42 Å². The van der Waals surface area contributed by atoms with Crippen molar-refractivity contribution in [3.8, 4) is 5.69 Å². The molecule has 0 saturated heterocycles. The quantitative estimate of drug-likeness (QED) is 0.396. The highest BCUT2D eigenvalue weighted by Gasteiger charge is 2.17. The Morgan fingerprint density at radius 1 is 0.909 bits per heavy atom. The van der Waals surface area contributed by atoms with E-state index in [0.717, 1.165) is 5.69 Å². The van der Waals surface area contributed by atoms with Crippen LogP contribution >= 0.6 is 0 Å². The summed E-state index contributed by atoms with van der Waals surface area (Å²) in [6.07, 6.45) is 1.33. The van der Waals surface area contributed by atoms with Crippen LogP contribution in [0.25, 0.3) is 5.69 Å². The summed E-state index contributed by atoms with van der Waals surface area (Å²) in [5.41, 5.74) is 6.87. The van der Waals surface area contributed by atoms with Gasteiger partial charge in [0.15, 0.2) is 5.76 Å². The average molecular weight is 455 g/mol. The molecule has 11 heteroatoms. The van der Waals surface area contributed by atoms with Crippen LogP contribution in [-0.2, 0) is 9.59 Å². The SMILES string of the molecule is Cc1cc(C(=O)NNC(=O)CNC(=O)CNC(=O)c2ccco2)c(C)n1-c1ccc(F)cc1. The van der Waals surface area contributed by atoms with E-state index in [-0.39, 0.29) is 18.1 Å². The van der Waals surface area contributed by atoms with Gasteiger partial charge >= 0.3 is 0 Å². The van der Waals surface area contributed by atoms with Gasteiger partial charge in [0.25, 0.3) is 17.7 Å². The molecule has 4 amide bonds. The molecule has 33 heavy (non-hydrogen) atoms. The summed E-state index contributed by atoms with van der Waals surface area (Å²) >= 11 is 0. The lowest BCUT2D eigenvalue weighted by Crippen LogP contribution is -2.47. The fraction of sp³-hybridized carbons (Fsp3) is 0.182. The molecule has 0 saturated carbocycles. The molecule has 172 valence electrons. The van der Waals surface area contributed by atoms with Crippen LogP contribution in [0, 0.1) is 19.7 Å². The molecule has 0 bridgehead atoms. The maximum Gasteiger partial charge on any atom is 0.287 e. The Balaban J connectivity index is 1.47. The first-order valence-electron chi connectivity index (χ1n) is 9.88. The summed E-state index contributed by atoms with van der Waals surface area (Å²) < 4.78 is 19.9. The van der Waals surface area contributed by atoms with Gasteiger partial charge in [-0.1, -0.05) is 0 Å². The summed E-state index contributed by atoms with van der Waals surface area (Å²) in [4.78, 5) is 47.9. The molecule has 0 radical (unpaired) electrons. The predicted octanol–water partition coefficient (Wildman–Crippen LogP) is 1.13. The number of nitrogens with one attached hydrogen (secondary N) is 4. The smallest absolute Gasteiger partial charge is 0.287 e. The van der Waals surface area contributed by atoms with E-state index in [0.29, 0.717) is 16.9 Å². The van der Waals surface area contributed by atoms with Crippen LogP contribution in [0.1, 0.15) is 32.3 Å². The second-order valence-corrected chi connectivity index (χ2v) is 7.04. The Morgan fingerprint density at radius 3 is 2.27 bits per heavy atom. The van der Waals surface area contributed by atoms with Crippen molar-refractivity contribution in [2.45, 2.75) is 13.8 Å². The van der Waals surface area contributed by atoms with Gasteiger partial charge in [0, 0.05) is 17.1 Å². The number of nitrogens with zero attached hydrogens (tertiary/aromatic N) is 1. The molecule has 0 aliphatic carbocycles. The Morgan fingerprint density at radius 2 is 1.61 bits per heavy atom. The van der Waals surface area contributed by atoms with E-state index in [1.807, 2.05) is 0 Å². The first kappa shape index (κ1) is 23.3. The van der Waals surface area contributed by atoms with Crippen molar-refractivity contribution < 1.29 is 28.0 Å². The highest BCUT2D eigenvalue weighted by atomic mass is 19.1. The number of furan rings is 1. The maximum atomic E-state index is 13.2. The number of aromatic nitrogens is 1. The van der Waals surface area contributed by atoms with Gasteiger partial charge in [-0.25, -0.2) is 4.39 Å². The monoisotopic (exact) mass is 455 g/mol. The minimum absolute atomic E-state index is 0.0575. The number of hydrazine groups is 1. The number of hydrogen-bond donors (Lipinski definition) is 4. The Labute approximate surface area is 188 Å². The molecule has 0 spiro atoms. The maximum absolute atomic E-state index is 13.2. The van der Waals surface area contributed by atoms with Gasteiger partial charge in [0.1, 0.15) is 5.82 Å². The topological polar surface area (TPSA) is 134 Å². The Kier molecular flexibility index (Phi) is 7.24. The summed E-state index contributed by atoms with van der Waals surface area (Å²) in [7, 11) is 0. The Bertz CT molecular complexity index is 1170. The number of benzene rings is 1. The van der Waals surface area contributed by atoms with E-state index in [1.165, 1.54) is 30.5 Å². The average Bonchev–Trinajstić information content (AvgIpc) is 3.43. The lowest BCUT2D eigenvalue weighted by Gasteiger charge is -2.11. The van der Waals surface area contributed by atoms with Crippen LogP contribution in [0.5, 0.6) is 0 Å². The zero-order valence-corrected chi connectivity index (χ0v) is 17.9. The van der Waals surface area contributed by atoms with E-state index in [1.54, 1.807) is 36.6 Å². The Hall–Kier alpha value is -4.41. The molecule has 0 atom stereocenters. The van der Waals surface area contributed by atoms with E-state index >= 15 is 0 Å². The largest absolute Gasteiger partial charge is 0.459 e. The molecule has 10 nitrogen and oxygen atoms in total. The standard InChI is InChI=1S/C22H22FN5O5/c1-13-10-17(14(2)28(13)16-7-5-15(23)6-8-16)21(31)27-26-20(30)12-24-19(29)11-25-22(32)18-4-3-9-33-18/h3-10H,11-12H2,1-2H3,(H,24,29)(H,25,32)(H,26,30)(H,27,31). The number of amides is 4. The van der Waals surface area contributed by atoms with Crippen LogP contribution in [0.4, 0.5) is 4.39 Å². The van der Waals surface area contributed by atoms with Gasteiger partial charge in [-0.3, -0.25) is 30.0 Å². The first-order chi connectivity index (χ1) is 15.8. The van der Waals surface area contributed by atoms with Crippen LogP contribution in [0.2, 0.25) is 0 Å². The number of halogens is 1. The van der Waals surface area contributed by atoms with Crippen molar-refractivity contribution in [3.63, 3.8) is 0 Å². The van der Waals surface area contributed by atoms with Crippen molar-refractivity contribution in [1.29, 1.82) is 0 Å². The lowest BCUT2D eigenvalue weighted by molar-refractivity contribution is -0.125. The van der Waals surface area contributed by atoms with Gasteiger partial charge < -0.3 is 19.6 Å². The fourth-order valence-corrected chi connectivity index (χ4v) is 3.11. The fourth-order valence-electron chi connectivity index (χ4n) is 3.11. The zero-order valence-electron chi connectivity index (χ0n) is 17.9. The summed E-state index contributed by atoms with van der Waals surface area (Å²) in [5.74, 6) is -2.69. The van der Waals surface area contributed by atoms with E-state index in [2.05, 4.69) is 21.5 Å². The number of rotatable bonds is 7. The molecule has 1 aromatic carbocycles. The molecule has 2 aromatic heterocycles. The summed E-state index contributed by atoms with van der Waals surface area (Å²) in [6.45, 7) is 2.76. The molecule has 3 aromatic rings. The van der Waals surface area contributed by atoms with Crippen LogP contribution in [0.3, 0.4) is 0 Å². The van der Waals surface area contributed by atoms with Crippen LogP contribution < -0.4 is 21.5 Å². The highest BCUT2D eigenvalue weighted by molar-refractivity contribution is 5.97. The molecule has 3 rings (SSSR count). The van der Waals surface area contributed by atoms with Gasteiger partial charge in [0.2, 0.25) is 5.91 Å². The van der Waals surface area contributed by atoms with Crippen molar-refractivity contribution in [2.24, 2.45) is 0 Å². The molecule has 0 aliphatic rings. The van der Waals surface area contributed by atoms with Gasteiger partial charge in [-0.05, 0) is 56.3 Å². The molecule has 0 unspecified atom stereocenters. The minimum atomic E-state index is -0.665. The third-order valence-corrected chi connectivity index (χ3v) is 4.68. The number of hydrogen-bond acceptors (Lipinski definition) is 5. The van der Waals surface area contributed by atoms with E-state index in [9.17, 15) is 23.6 Å². The number of carbonyl (C=O) groups excluding carboxylic acids is 4. The van der Waals surface area contributed by atoms with Gasteiger partial charge in [-0.15, -0.1) is 0 Å². The minimum Gasteiger partial charge on any atom is -0.459 e. The normalized spacial score (nSPS) is 10.4. The van der Waals surface area contributed by atoms with E-state index < -0.39 is 30.2 Å². The second-order valence-electron chi connectivity index (χ2n) is 7.04. The van der Waals surface area contributed by atoms with Crippen LogP contribution in [0.15, 0.2) is 53.1 Å². The zero-order chi connectivity index (χ0) is 24.0. The third kappa shape index (κ3) is 5.85. The van der Waals surface area contributed by atoms with Crippen LogP contribution in [-0.4, -0.2) is 41.3 Å². The molecule has 2 heterocycles.